The highest BCUT2D eigenvalue weighted by Gasteiger charge is 2.24. The van der Waals surface area contributed by atoms with Crippen molar-refractivity contribution in [3.63, 3.8) is 0 Å². The minimum atomic E-state index is -1.47. The van der Waals surface area contributed by atoms with Gasteiger partial charge in [0.15, 0.2) is 0 Å². The fraction of sp³-hybridized carbons (Fsp3) is 0.667. The maximum Gasteiger partial charge on any atom is 0.123 e. The largest absolute Gasteiger partial charge is 0.474 e. The summed E-state index contributed by atoms with van der Waals surface area (Å²) in [4.78, 5) is 11.6. The Morgan fingerprint density at radius 1 is 0.794 bits per heavy atom. The first-order valence-corrected chi connectivity index (χ1v) is 17.4. The van der Waals surface area contributed by atoms with E-state index < -0.39 is 8.07 Å². The molecule has 192 valence electrons. The highest BCUT2D eigenvalue weighted by atomic mass is 28.3. The molecule has 0 saturated carbocycles. The van der Waals surface area contributed by atoms with Crippen LogP contribution < -0.4 is 5.38 Å². The van der Waals surface area contributed by atoms with E-state index in [4.69, 9.17) is 14.2 Å². The van der Waals surface area contributed by atoms with Crippen molar-refractivity contribution in [1.82, 2.24) is 0 Å². The molecule has 1 unspecified atom stereocenters. The van der Waals surface area contributed by atoms with Crippen LogP contribution in [0, 0.1) is 0 Å². The van der Waals surface area contributed by atoms with Crippen LogP contribution in [0.4, 0.5) is 0 Å². The standard InChI is InChI=1S/C30H50O3Si/c1-5-6-7-8-9-10-11-12-13-17-23-29(28-25-30(31-26-28)34(2,3)4)33-32-24-19-18-22-27-20-15-14-16-21-27/h14-16,20-21,25-26,29H,5-13,17-19,22-24H2,1-4H3. The van der Waals surface area contributed by atoms with Gasteiger partial charge >= 0.3 is 0 Å². The molecule has 0 amide bonds. The number of hydrogen-bond acceptors (Lipinski definition) is 3. The van der Waals surface area contributed by atoms with Crippen LogP contribution in [-0.4, -0.2) is 14.7 Å². The normalized spacial score (nSPS) is 12.8. The maximum atomic E-state index is 5.94. The van der Waals surface area contributed by atoms with Crippen molar-refractivity contribution in [3.05, 3.63) is 53.8 Å². The molecule has 2 aromatic rings. The van der Waals surface area contributed by atoms with E-state index in [-0.39, 0.29) is 6.10 Å². The van der Waals surface area contributed by atoms with Crippen molar-refractivity contribution >= 4 is 13.5 Å². The fourth-order valence-electron chi connectivity index (χ4n) is 4.27. The Kier molecular flexibility index (Phi) is 14.5. The molecule has 1 atom stereocenters. The minimum absolute atomic E-state index is 0.0305. The van der Waals surface area contributed by atoms with Gasteiger partial charge in [-0.25, -0.2) is 9.78 Å². The van der Waals surface area contributed by atoms with Crippen molar-refractivity contribution in [3.8, 4) is 0 Å². The third-order valence-corrected chi connectivity index (χ3v) is 8.26. The Balaban J connectivity index is 1.69. The second-order valence-electron chi connectivity index (χ2n) is 10.8. The van der Waals surface area contributed by atoms with Crippen LogP contribution in [0.15, 0.2) is 47.1 Å². The Hall–Kier alpha value is -1.36. The lowest BCUT2D eigenvalue weighted by molar-refractivity contribution is -0.329. The zero-order chi connectivity index (χ0) is 24.5. The first-order chi connectivity index (χ1) is 16.5. The molecule has 34 heavy (non-hydrogen) atoms. The van der Waals surface area contributed by atoms with E-state index in [2.05, 4.69) is 63.0 Å². The highest BCUT2D eigenvalue weighted by Crippen LogP contribution is 2.26. The van der Waals surface area contributed by atoms with Crippen molar-refractivity contribution in [2.45, 2.75) is 123 Å². The molecule has 1 aromatic carbocycles. The van der Waals surface area contributed by atoms with E-state index in [0.717, 1.165) is 36.6 Å². The van der Waals surface area contributed by atoms with Gasteiger partial charge in [0.1, 0.15) is 14.2 Å². The van der Waals surface area contributed by atoms with Gasteiger partial charge in [0.2, 0.25) is 0 Å². The van der Waals surface area contributed by atoms with Crippen molar-refractivity contribution in [1.29, 1.82) is 0 Å². The van der Waals surface area contributed by atoms with Gasteiger partial charge in [-0.2, -0.15) is 0 Å². The summed E-state index contributed by atoms with van der Waals surface area (Å²) in [5, 5.41) is 1.14. The summed E-state index contributed by atoms with van der Waals surface area (Å²) in [6.07, 6.45) is 19.5. The SMILES string of the molecule is CCCCCCCCCCCCC(OOCCCCc1ccccc1)c1coc([Si](C)(C)C)c1. The monoisotopic (exact) mass is 486 g/mol. The molecule has 0 radical (unpaired) electrons. The van der Waals surface area contributed by atoms with E-state index in [0.29, 0.717) is 6.61 Å². The number of benzene rings is 1. The Bertz CT molecular complexity index is 735. The molecule has 2 rings (SSSR count). The molecule has 0 aliphatic carbocycles. The quantitative estimate of drug-likeness (QED) is 0.0809. The van der Waals surface area contributed by atoms with Crippen LogP contribution in [0.1, 0.15) is 108 Å². The summed E-state index contributed by atoms with van der Waals surface area (Å²) in [6, 6.07) is 12.9. The van der Waals surface area contributed by atoms with Crippen LogP contribution >= 0.6 is 0 Å². The van der Waals surface area contributed by atoms with E-state index in [1.807, 2.05) is 6.26 Å². The van der Waals surface area contributed by atoms with Gasteiger partial charge in [-0.05, 0) is 37.3 Å². The van der Waals surface area contributed by atoms with Gasteiger partial charge in [-0.1, -0.05) is 121 Å². The van der Waals surface area contributed by atoms with Gasteiger partial charge in [-0.3, -0.25) is 0 Å². The average Bonchev–Trinajstić information content (AvgIpc) is 3.32. The summed E-state index contributed by atoms with van der Waals surface area (Å²) in [6.45, 7) is 9.87. The number of furan rings is 1. The third-order valence-electron chi connectivity index (χ3n) is 6.52. The first kappa shape index (κ1) is 28.9. The van der Waals surface area contributed by atoms with Gasteiger partial charge in [0.05, 0.1) is 18.3 Å². The van der Waals surface area contributed by atoms with Gasteiger partial charge in [-0.15, -0.1) is 0 Å². The highest BCUT2D eigenvalue weighted by molar-refractivity contribution is 6.87. The molecular weight excluding hydrogens is 436 g/mol. The smallest absolute Gasteiger partial charge is 0.123 e. The molecule has 1 aromatic heterocycles. The molecule has 4 heteroatoms. The summed E-state index contributed by atoms with van der Waals surface area (Å²) in [5.41, 5.74) is 2.53. The van der Waals surface area contributed by atoms with Crippen LogP contribution in [0.2, 0.25) is 19.6 Å². The predicted molar refractivity (Wildman–Crippen MR) is 147 cm³/mol. The van der Waals surface area contributed by atoms with E-state index in [1.54, 1.807) is 0 Å². The predicted octanol–water partition coefficient (Wildman–Crippen LogP) is 9.15. The molecule has 0 fully saturated rings. The molecule has 0 N–H and O–H groups in total. The summed E-state index contributed by atoms with van der Waals surface area (Å²) in [7, 11) is -1.47. The van der Waals surface area contributed by atoms with Crippen molar-refractivity contribution in [2.75, 3.05) is 6.61 Å². The zero-order valence-electron chi connectivity index (χ0n) is 22.5. The number of hydrogen-bond donors (Lipinski definition) is 0. The van der Waals surface area contributed by atoms with Crippen LogP contribution in [0.25, 0.3) is 0 Å². The number of rotatable bonds is 20. The Morgan fingerprint density at radius 3 is 2.06 bits per heavy atom. The average molecular weight is 487 g/mol. The molecule has 0 aliphatic rings. The van der Waals surface area contributed by atoms with Crippen LogP contribution in [0.3, 0.4) is 0 Å². The van der Waals surface area contributed by atoms with E-state index in [9.17, 15) is 0 Å². The molecule has 0 aliphatic heterocycles. The lowest BCUT2D eigenvalue weighted by Crippen LogP contribution is -2.36. The third kappa shape index (κ3) is 12.4. The second-order valence-corrected chi connectivity index (χ2v) is 15.8. The van der Waals surface area contributed by atoms with Gasteiger partial charge in [0, 0.05) is 5.56 Å². The van der Waals surface area contributed by atoms with E-state index in [1.165, 1.54) is 69.8 Å². The Labute approximate surface area is 210 Å². The second kappa shape index (κ2) is 17.1. The van der Waals surface area contributed by atoms with E-state index >= 15 is 0 Å². The summed E-state index contributed by atoms with van der Waals surface area (Å²) < 4.78 is 5.93. The van der Waals surface area contributed by atoms with Crippen LogP contribution in [0.5, 0.6) is 0 Å². The Morgan fingerprint density at radius 2 is 1.44 bits per heavy atom. The topological polar surface area (TPSA) is 31.6 Å². The lowest BCUT2D eigenvalue weighted by atomic mass is 10.0. The van der Waals surface area contributed by atoms with Crippen molar-refractivity contribution < 1.29 is 14.2 Å². The van der Waals surface area contributed by atoms with Gasteiger partial charge < -0.3 is 4.42 Å². The van der Waals surface area contributed by atoms with Crippen molar-refractivity contribution in [2.24, 2.45) is 0 Å². The molecule has 1 heterocycles. The molecular formula is C30H50O3Si. The zero-order valence-corrected chi connectivity index (χ0v) is 23.5. The molecule has 0 spiro atoms. The van der Waals surface area contributed by atoms with Gasteiger partial charge in [0.25, 0.3) is 0 Å². The molecule has 0 saturated heterocycles. The molecule has 3 nitrogen and oxygen atoms in total. The first-order valence-electron chi connectivity index (χ1n) is 13.9. The maximum absolute atomic E-state index is 5.94. The summed E-state index contributed by atoms with van der Waals surface area (Å²) in [5.74, 6) is 0. The minimum Gasteiger partial charge on any atom is -0.474 e. The number of aryl methyl sites for hydroxylation is 1. The summed E-state index contributed by atoms with van der Waals surface area (Å²) >= 11 is 0. The number of unbranched alkanes of at least 4 members (excludes halogenated alkanes) is 10. The lowest BCUT2D eigenvalue weighted by Gasteiger charge is -2.16. The molecule has 0 bridgehead atoms. The fourth-order valence-corrected chi connectivity index (χ4v) is 5.28. The van der Waals surface area contributed by atoms with Crippen LogP contribution in [-0.2, 0) is 16.2 Å².